The number of aromatic carboxylic acids is 1. The highest BCUT2D eigenvalue weighted by molar-refractivity contribution is 5.84. The summed E-state index contributed by atoms with van der Waals surface area (Å²) in [4.78, 5) is 15.2. The Morgan fingerprint density at radius 1 is 1.32 bits per heavy atom. The quantitative estimate of drug-likeness (QED) is 0.782. The summed E-state index contributed by atoms with van der Waals surface area (Å²) in [5, 5.41) is 8.84. The van der Waals surface area contributed by atoms with Crippen LogP contribution < -0.4 is 0 Å². The first-order valence-electron chi connectivity index (χ1n) is 5.89. The molecule has 1 aromatic carbocycles. The molecule has 0 aliphatic rings. The lowest BCUT2D eigenvalue weighted by atomic mass is 10.3. The van der Waals surface area contributed by atoms with E-state index in [0.717, 1.165) is 16.9 Å². The van der Waals surface area contributed by atoms with Crippen LogP contribution in [-0.4, -0.2) is 20.6 Å². The molecule has 5 nitrogen and oxygen atoms in total. The van der Waals surface area contributed by atoms with Crippen molar-refractivity contribution in [3.63, 3.8) is 0 Å². The summed E-state index contributed by atoms with van der Waals surface area (Å²) in [6.45, 7) is 2.39. The summed E-state index contributed by atoms with van der Waals surface area (Å²) in [5.74, 6) is 0.369. The Kier molecular flexibility index (Phi) is 2.59. The van der Waals surface area contributed by atoms with Crippen molar-refractivity contribution < 1.29 is 14.3 Å². The lowest BCUT2D eigenvalue weighted by Gasteiger charge is -2.04. The van der Waals surface area contributed by atoms with Crippen LogP contribution in [0.1, 0.15) is 22.1 Å². The van der Waals surface area contributed by atoms with Gasteiger partial charge in [-0.3, -0.25) is 0 Å². The number of carboxylic acids is 1. The van der Waals surface area contributed by atoms with Crippen molar-refractivity contribution in [1.29, 1.82) is 0 Å². The first-order chi connectivity index (χ1) is 9.15. The van der Waals surface area contributed by atoms with E-state index >= 15 is 0 Å². The first kappa shape index (κ1) is 11.5. The van der Waals surface area contributed by atoms with Gasteiger partial charge in [-0.1, -0.05) is 12.1 Å². The van der Waals surface area contributed by atoms with Crippen LogP contribution in [0.2, 0.25) is 0 Å². The third-order valence-electron chi connectivity index (χ3n) is 3.03. The fourth-order valence-electron chi connectivity index (χ4n) is 2.13. The van der Waals surface area contributed by atoms with Crippen LogP contribution in [0.25, 0.3) is 11.0 Å². The minimum Gasteiger partial charge on any atom is -0.475 e. The number of aryl methyl sites for hydroxylation is 1. The van der Waals surface area contributed by atoms with Gasteiger partial charge in [0.1, 0.15) is 11.6 Å². The predicted octanol–water partition coefficient (Wildman–Crippen LogP) is 2.68. The zero-order valence-corrected chi connectivity index (χ0v) is 10.3. The Balaban J connectivity index is 2.00. The van der Waals surface area contributed by atoms with Crippen molar-refractivity contribution in [3.8, 4) is 0 Å². The molecule has 0 unspecified atom stereocenters. The van der Waals surface area contributed by atoms with Crippen LogP contribution in [0.4, 0.5) is 0 Å². The minimum atomic E-state index is -1.06. The third kappa shape index (κ3) is 1.99. The van der Waals surface area contributed by atoms with Crippen molar-refractivity contribution in [3.05, 3.63) is 53.7 Å². The molecule has 0 bridgehead atoms. The summed E-state index contributed by atoms with van der Waals surface area (Å²) < 4.78 is 7.27. The molecule has 2 aromatic heterocycles. The van der Waals surface area contributed by atoms with Gasteiger partial charge in [0.15, 0.2) is 0 Å². The fraction of sp³-hybridized carbons (Fsp3) is 0.143. The largest absolute Gasteiger partial charge is 0.475 e. The zero-order chi connectivity index (χ0) is 13.4. The standard InChI is InChI=1S/C14H12N2O3/c1-9-15-11-4-2-3-5-12(11)16(9)8-10-6-7-13(19-10)14(17)18/h2-7H,8H2,1H3,(H,17,18). The van der Waals surface area contributed by atoms with Crippen molar-refractivity contribution in [1.82, 2.24) is 9.55 Å². The molecule has 1 N–H and O–H groups in total. The summed E-state index contributed by atoms with van der Waals surface area (Å²) in [7, 11) is 0. The number of benzene rings is 1. The van der Waals surface area contributed by atoms with Crippen LogP contribution in [0.15, 0.2) is 40.8 Å². The molecule has 19 heavy (non-hydrogen) atoms. The molecular formula is C14H12N2O3. The predicted molar refractivity (Wildman–Crippen MR) is 69.2 cm³/mol. The van der Waals surface area contributed by atoms with Gasteiger partial charge < -0.3 is 14.1 Å². The molecule has 96 valence electrons. The van der Waals surface area contributed by atoms with E-state index in [0.29, 0.717) is 12.3 Å². The maximum absolute atomic E-state index is 10.8. The van der Waals surface area contributed by atoms with Gasteiger partial charge in [0.25, 0.3) is 0 Å². The molecule has 5 heteroatoms. The lowest BCUT2D eigenvalue weighted by Crippen LogP contribution is -2.01. The Hall–Kier alpha value is -2.56. The monoisotopic (exact) mass is 256 g/mol. The number of nitrogens with zero attached hydrogens (tertiary/aromatic N) is 2. The molecule has 0 saturated carbocycles. The van der Waals surface area contributed by atoms with Gasteiger partial charge in [-0.05, 0) is 31.2 Å². The highest BCUT2D eigenvalue weighted by atomic mass is 16.4. The molecule has 0 fully saturated rings. The Morgan fingerprint density at radius 3 is 2.84 bits per heavy atom. The van der Waals surface area contributed by atoms with E-state index in [-0.39, 0.29) is 5.76 Å². The van der Waals surface area contributed by atoms with Gasteiger partial charge >= 0.3 is 5.97 Å². The minimum absolute atomic E-state index is 0.0444. The zero-order valence-electron chi connectivity index (χ0n) is 10.3. The van der Waals surface area contributed by atoms with E-state index in [4.69, 9.17) is 9.52 Å². The Morgan fingerprint density at radius 2 is 2.11 bits per heavy atom. The maximum atomic E-state index is 10.8. The molecule has 0 radical (unpaired) electrons. The number of rotatable bonds is 3. The Labute approximate surface area is 109 Å². The van der Waals surface area contributed by atoms with E-state index in [1.807, 2.05) is 35.8 Å². The molecule has 0 aliphatic heterocycles. The van der Waals surface area contributed by atoms with Gasteiger partial charge in [0.05, 0.1) is 17.6 Å². The molecule has 0 spiro atoms. The van der Waals surface area contributed by atoms with E-state index in [1.165, 1.54) is 6.07 Å². The highest BCUT2D eigenvalue weighted by Crippen LogP contribution is 2.18. The van der Waals surface area contributed by atoms with Gasteiger partial charge in [0.2, 0.25) is 5.76 Å². The molecule has 0 amide bonds. The Bertz CT molecular complexity index is 755. The summed E-state index contributed by atoms with van der Waals surface area (Å²) >= 11 is 0. The van der Waals surface area contributed by atoms with Crippen LogP contribution >= 0.6 is 0 Å². The number of aromatic nitrogens is 2. The second-order valence-corrected chi connectivity index (χ2v) is 4.30. The normalized spacial score (nSPS) is 11.0. The van der Waals surface area contributed by atoms with Crippen molar-refractivity contribution in [2.24, 2.45) is 0 Å². The van der Waals surface area contributed by atoms with Gasteiger partial charge in [-0.25, -0.2) is 9.78 Å². The highest BCUT2D eigenvalue weighted by Gasteiger charge is 2.12. The second-order valence-electron chi connectivity index (χ2n) is 4.30. The topological polar surface area (TPSA) is 68.3 Å². The van der Waals surface area contributed by atoms with E-state index in [2.05, 4.69) is 4.98 Å². The van der Waals surface area contributed by atoms with Gasteiger partial charge in [0, 0.05) is 0 Å². The number of hydrogen-bond acceptors (Lipinski definition) is 3. The average molecular weight is 256 g/mol. The lowest BCUT2D eigenvalue weighted by molar-refractivity contribution is 0.0660. The molecule has 0 atom stereocenters. The number of hydrogen-bond donors (Lipinski definition) is 1. The fourth-order valence-corrected chi connectivity index (χ4v) is 2.13. The molecular weight excluding hydrogens is 244 g/mol. The van der Waals surface area contributed by atoms with Crippen LogP contribution in [0.5, 0.6) is 0 Å². The third-order valence-corrected chi connectivity index (χ3v) is 3.03. The molecule has 2 heterocycles. The van der Waals surface area contributed by atoms with Gasteiger partial charge in [-0.2, -0.15) is 0 Å². The number of carboxylic acid groups (broad SMARTS) is 1. The van der Waals surface area contributed by atoms with Crippen molar-refractivity contribution in [2.75, 3.05) is 0 Å². The first-order valence-corrected chi connectivity index (χ1v) is 5.89. The van der Waals surface area contributed by atoms with Crippen molar-refractivity contribution >= 4 is 17.0 Å². The van der Waals surface area contributed by atoms with Crippen LogP contribution in [-0.2, 0) is 6.54 Å². The number of fused-ring (bicyclic) bond motifs is 1. The maximum Gasteiger partial charge on any atom is 0.371 e. The van der Waals surface area contributed by atoms with E-state index in [1.54, 1.807) is 6.07 Å². The van der Waals surface area contributed by atoms with E-state index in [9.17, 15) is 4.79 Å². The van der Waals surface area contributed by atoms with Crippen molar-refractivity contribution in [2.45, 2.75) is 13.5 Å². The number of carbonyl (C=O) groups is 1. The smallest absolute Gasteiger partial charge is 0.371 e. The average Bonchev–Trinajstić information content (AvgIpc) is 2.96. The number of para-hydroxylation sites is 2. The SMILES string of the molecule is Cc1nc2ccccc2n1Cc1ccc(C(=O)O)o1. The summed E-state index contributed by atoms with van der Waals surface area (Å²) in [6.07, 6.45) is 0. The molecule has 3 rings (SSSR count). The summed E-state index contributed by atoms with van der Waals surface area (Å²) in [6, 6.07) is 11.0. The van der Waals surface area contributed by atoms with Gasteiger partial charge in [-0.15, -0.1) is 0 Å². The summed E-state index contributed by atoms with van der Waals surface area (Å²) in [5.41, 5.74) is 1.93. The van der Waals surface area contributed by atoms with Crippen LogP contribution in [0.3, 0.4) is 0 Å². The molecule has 0 aliphatic carbocycles. The van der Waals surface area contributed by atoms with E-state index < -0.39 is 5.97 Å². The number of imidazole rings is 1. The number of furan rings is 1. The van der Waals surface area contributed by atoms with Crippen LogP contribution in [0, 0.1) is 6.92 Å². The molecule has 0 saturated heterocycles. The molecule has 3 aromatic rings. The second kappa shape index (κ2) is 4.28.